The summed E-state index contributed by atoms with van der Waals surface area (Å²) in [6, 6.07) is -0.917. The van der Waals surface area contributed by atoms with Crippen LogP contribution < -0.4 is 10.6 Å². The highest BCUT2D eigenvalue weighted by molar-refractivity contribution is 5.87. The van der Waals surface area contributed by atoms with E-state index in [2.05, 4.69) is 10.6 Å². The van der Waals surface area contributed by atoms with Crippen LogP contribution in [0.3, 0.4) is 0 Å². The Morgan fingerprint density at radius 1 is 1.10 bits per heavy atom. The van der Waals surface area contributed by atoms with Gasteiger partial charge in [-0.3, -0.25) is 9.59 Å². The van der Waals surface area contributed by atoms with Crippen LogP contribution in [-0.2, 0) is 14.4 Å². The van der Waals surface area contributed by atoms with Crippen molar-refractivity contribution in [1.29, 1.82) is 0 Å². The third kappa shape index (κ3) is 7.76. The van der Waals surface area contributed by atoms with E-state index in [4.69, 9.17) is 5.11 Å². The fraction of sp³-hybridized carbons (Fsp3) is 0.786. The lowest BCUT2D eigenvalue weighted by molar-refractivity contribution is -0.143. The highest BCUT2D eigenvalue weighted by Gasteiger charge is 2.25. The number of carbonyl (C=O) groups excluding carboxylic acids is 2. The first kappa shape index (κ1) is 18.4. The molecule has 0 aromatic rings. The maximum absolute atomic E-state index is 11.6. The first-order valence-corrected chi connectivity index (χ1v) is 7.06. The number of amides is 2. The molecule has 6 heteroatoms. The van der Waals surface area contributed by atoms with Gasteiger partial charge in [-0.15, -0.1) is 0 Å². The number of carboxylic acids is 1. The lowest BCUT2D eigenvalue weighted by atomic mass is 9.99. The van der Waals surface area contributed by atoms with Gasteiger partial charge in [-0.25, -0.2) is 4.79 Å². The molecule has 0 rings (SSSR count). The van der Waals surface area contributed by atoms with Crippen molar-refractivity contribution in [3.8, 4) is 0 Å². The monoisotopic (exact) mass is 286 g/mol. The van der Waals surface area contributed by atoms with Crippen molar-refractivity contribution in [3.63, 3.8) is 0 Å². The van der Waals surface area contributed by atoms with Gasteiger partial charge < -0.3 is 15.7 Å². The van der Waals surface area contributed by atoms with E-state index in [1.165, 1.54) is 0 Å². The Bertz CT molecular complexity index is 342. The van der Waals surface area contributed by atoms with Gasteiger partial charge in [0.25, 0.3) is 0 Å². The zero-order valence-corrected chi connectivity index (χ0v) is 12.7. The van der Waals surface area contributed by atoms with E-state index in [1.807, 2.05) is 20.8 Å². The predicted molar refractivity (Wildman–Crippen MR) is 76.1 cm³/mol. The van der Waals surface area contributed by atoms with Crippen molar-refractivity contribution in [2.24, 2.45) is 11.8 Å². The van der Waals surface area contributed by atoms with Gasteiger partial charge in [-0.05, 0) is 18.3 Å². The summed E-state index contributed by atoms with van der Waals surface area (Å²) in [7, 11) is 0. The molecule has 0 unspecified atom stereocenters. The molecule has 0 aromatic heterocycles. The molecule has 0 aliphatic heterocycles. The second-order valence-corrected chi connectivity index (χ2v) is 5.48. The average Bonchev–Trinajstić information content (AvgIpc) is 2.38. The Labute approximate surface area is 120 Å². The number of hydrogen-bond acceptors (Lipinski definition) is 3. The van der Waals surface area contributed by atoms with Crippen molar-refractivity contribution in [2.45, 2.75) is 53.0 Å². The molecule has 20 heavy (non-hydrogen) atoms. The second-order valence-electron chi connectivity index (χ2n) is 5.48. The van der Waals surface area contributed by atoms with Crippen molar-refractivity contribution >= 4 is 17.8 Å². The molecule has 0 aromatic carbocycles. The summed E-state index contributed by atoms with van der Waals surface area (Å²) >= 11 is 0. The molecule has 0 fully saturated rings. The van der Waals surface area contributed by atoms with Crippen LogP contribution in [-0.4, -0.2) is 35.5 Å². The van der Waals surface area contributed by atoms with Gasteiger partial charge in [0.15, 0.2) is 0 Å². The summed E-state index contributed by atoms with van der Waals surface area (Å²) in [6.45, 7) is 7.48. The Balaban J connectivity index is 4.14. The minimum atomic E-state index is -1.06. The van der Waals surface area contributed by atoms with E-state index in [9.17, 15) is 14.4 Å². The van der Waals surface area contributed by atoms with Crippen LogP contribution in [0.4, 0.5) is 0 Å². The highest BCUT2D eigenvalue weighted by Crippen LogP contribution is 2.07. The van der Waals surface area contributed by atoms with Gasteiger partial charge >= 0.3 is 5.97 Å². The smallest absolute Gasteiger partial charge is 0.326 e. The number of aliphatic carboxylic acids is 1. The third-order valence-corrected chi connectivity index (χ3v) is 3.19. The van der Waals surface area contributed by atoms with Crippen LogP contribution in [0, 0.1) is 11.8 Å². The first-order chi connectivity index (χ1) is 9.27. The number of hydrogen-bond donors (Lipinski definition) is 3. The molecule has 0 radical (unpaired) electrons. The standard InChI is InChI=1S/C14H26N2O4/c1-5-10(4)13(14(19)20)16-12(18)8-15-11(17)7-6-9(2)3/h9-10,13H,5-8H2,1-4H3,(H,15,17)(H,16,18)(H,19,20)/t10-,13-/m0/s1. The Morgan fingerprint density at radius 3 is 2.15 bits per heavy atom. The number of rotatable bonds is 9. The van der Waals surface area contributed by atoms with Gasteiger partial charge in [-0.1, -0.05) is 34.1 Å². The van der Waals surface area contributed by atoms with Crippen molar-refractivity contribution < 1.29 is 19.5 Å². The topological polar surface area (TPSA) is 95.5 Å². The summed E-state index contributed by atoms with van der Waals surface area (Å²) in [5, 5.41) is 14.0. The zero-order chi connectivity index (χ0) is 15.7. The SMILES string of the molecule is CC[C@H](C)[C@H](NC(=O)CNC(=O)CCC(C)C)C(=O)O. The van der Waals surface area contributed by atoms with E-state index in [1.54, 1.807) is 6.92 Å². The molecule has 0 bridgehead atoms. The molecule has 116 valence electrons. The molecule has 0 spiro atoms. The van der Waals surface area contributed by atoms with Crippen molar-refractivity contribution in [3.05, 3.63) is 0 Å². The number of nitrogens with one attached hydrogen (secondary N) is 2. The van der Waals surface area contributed by atoms with Crippen LogP contribution in [0.5, 0.6) is 0 Å². The van der Waals surface area contributed by atoms with Crippen LogP contribution in [0.25, 0.3) is 0 Å². The van der Waals surface area contributed by atoms with Crippen LogP contribution in [0.2, 0.25) is 0 Å². The lowest BCUT2D eigenvalue weighted by Crippen LogP contribution is -2.48. The summed E-state index contributed by atoms with van der Waals surface area (Å²) in [5.74, 6) is -1.46. The Kier molecular flexibility index (Phi) is 8.59. The fourth-order valence-corrected chi connectivity index (χ4v) is 1.59. The van der Waals surface area contributed by atoms with E-state index in [0.29, 0.717) is 18.8 Å². The van der Waals surface area contributed by atoms with E-state index in [0.717, 1.165) is 6.42 Å². The van der Waals surface area contributed by atoms with Gasteiger partial charge in [0, 0.05) is 6.42 Å². The lowest BCUT2D eigenvalue weighted by Gasteiger charge is -2.20. The molecule has 2 amide bonds. The first-order valence-electron chi connectivity index (χ1n) is 7.06. The Morgan fingerprint density at radius 2 is 1.70 bits per heavy atom. The number of carbonyl (C=O) groups is 3. The van der Waals surface area contributed by atoms with E-state index < -0.39 is 17.9 Å². The summed E-state index contributed by atoms with van der Waals surface area (Å²) in [5.41, 5.74) is 0. The second kappa shape index (κ2) is 9.34. The molecule has 0 aliphatic rings. The maximum Gasteiger partial charge on any atom is 0.326 e. The molecule has 0 heterocycles. The molecule has 6 nitrogen and oxygen atoms in total. The van der Waals surface area contributed by atoms with Gasteiger partial charge in [0.2, 0.25) is 11.8 Å². The van der Waals surface area contributed by atoms with Gasteiger partial charge in [-0.2, -0.15) is 0 Å². The minimum Gasteiger partial charge on any atom is -0.480 e. The van der Waals surface area contributed by atoms with E-state index >= 15 is 0 Å². The van der Waals surface area contributed by atoms with Crippen LogP contribution >= 0.6 is 0 Å². The highest BCUT2D eigenvalue weighted by atomic mass is 16.4. The number of carboxylic acid groups (broad SMARTS) is 1. The molecule has 0 saturated heterocycles. The van der Waals surface area contributed by atoms with Crippen molar-refractivity contribution in [1.82, 2.24) is 10.6 Å². The fourth-order valence-electron chi connectivity index (χ4n) is 1.59. The predicted octanol–water partition coefficient (Wildman–Crippen LogP) is 1.15. The normalized spacial score (nSPS) is 13.7. The molecule has 3 N–H and O–H groups in total. The van der Waals surface area contributed by atoms with Crippen molar-refractivity contribution in [2.75, 3.05) is 6.54 Å². The quantitative estimate of drug-likeness (QED) is 0.592. The molecule has 0 aliphatic carbocycles. The summed E-state index contributed by atoms with van der Waals surface area (Å²) in [6.07, 6.45) is 1.79. The molecular formula is C14H26N2O4. The average molecular weight is 286 g/mol. The largest absolute Gasteiger partial charge is 0.480 e. The third-order valence-electron chi connectivity index (χ3n) is 3.19. The Hall–Kier alpha value is -1.59. The van der Waals surface area contributed by atoms with Crippen LogP contribution in [0.1, 0.15) is 47.0 Å². The van der Waals surface area contributed by atoms with Crippen LogP contribution in [0.15, 0.2) is 0 Å². The summed E-state index contributed by atoms with van der Waals surface area (Å²) < 4.78 is 0. The maximum atomic E-state index is 11.6. The molecule has 0 saturated carbocycles. The minimum absolute atomic E-state index is 0.159. The summed E-state index contributed by atoms with van der Waals surface area (Å²) in [4.78, 5) is 34.1. The van der Waals surface area contributed by atoms with E-state index in [-0.39, 0.29) is 18.4 Å². The zero-order valence-electron chi connectivity index (χ0n) is 12.7. The van der Waals surface area contributed by atoms with Gasteiger partial charge in [0.1, 0.15) is 6.04 Å². The van der Waals surface area contributed by atoms with Gasteiger partial charge in [0.05, 0.1) is 6.54 Å². The molecular weight excluding hydrogens is 260 g/mol. The molecule has 2 atom stereocenters.